The molecular weight excluding hydrogens is 230 g/mol. The Balaban J connectivity index is 2.86. The van der Waals surface area contributed by atoms with Crippen molar-refractivity contribution in [3.63, 3.8) is 0 Å². The number of hydrogen-bond acceptors (Lipinski definition) is 6. The summed E-state index contributed by atoms with van der Waals surface area (Å²) in [6.45, 7) is 0. The van der Waals surface area contributed by atoms with Crippen molar-refractivity contribution in [1.29, 1.82) is 5.53 Å². The van der Waals surface area contributed by atoms with Crippen LogP contribution in [0.1, 0.15) is 20.7 Å². The fraction of sp³-hybridized carbons (Fsp3) is 0. The van der Waals surface area contributed by atoms with Crippen LogP contribution in [0.2, 0.25) is 0 Å². The molecule has 1 aliphatic rings. The van der Waals surface area contributed by atoms with E-state index in [0.29, 0.717) is 0 Å². The Morgan fingerprint density at radius 3 is 2.47 bits per heavy atom. The van der Waals surface area contributed by atoms with E-state index >= 15 is 0 Å². The minimum atomic E-state index is -0.989. The van der Waals surface area contributed by atoms with E-state index in [4.69, 9.17) is 5.53 Å². The van der Waals surface area contributed by atoms with E-state index in [1.165, 1.54) is 0 Å². The van der Waals surface area contributed by atoms with E-state index in [0.717, 1.165) is 12.1 Å². The minimum absolute atomic E-state index is 0.205. The lowest BCUT2D eigenvalue weighted by Crippen LogP contribution is -2.13. The number of fused-ring (bicyclic) bond motifs is 1. The number of rotatable bonds is 2. The van der Waals surface area contributed by atoms with Crippen molar-refractivity contribution in [3.8, 4) is 0 Å². The fourth-order valence-corrected chi connectivity index (χ4v) is 1.44. The molecule has 0 saturated carbocycles. The van der Waals surface area contributed by atoms with Crippen molar-refractivity contribution >= 4 is 23.2 Å². The van der Waals surface area contributed by atoms with Gasteiger partial charge in [0.05, 0.1) is 10.5 Å². The molecule has 0 atom stereocenters. The van der Waals surface area contributed by atoms with E-state index in [-0.39, 0.29) is 11.3 Å². The predicted molar refractivity (Wildman–Crippen MR) is 51.4 cm³/mol. The number of carbonyl (C=O) groups excluding carboxylic acids is 2. The lowest BCUT2D eigenvalue weighted by atomic mass is 10.0. The molecular formula is C8H3N5O4. The van der Waals surface area contributed by atoms with Crippen LogP contribution in [0.4, 0.5) is 11.4 Å². The average Bonchev–Trinajstić information content (AvgIpc) is 2.32. The van der Waals surface area contributed by atoms with Gasteiger partial charge in [0.25, 0.3) is 5.91 Å². The summed E-state index contributed by atoms with van der Waals surface area (Å²) in [7, 11) is 0. The van der Waals surface area contributed by atoms with Crippen LogP contribution < -0.4 is 0 Å². The highest BCUT2D eigenvalue weighted by Gasteiger charge is 2.33. The first-order valence-electron chi connectivity index (χ1n) is 4.25. The number of nitrogens with zero attached hydrogens (tertiary/aromatic N) is 4. The van der Waals surface area contributed by atoms with Gasteiger partial charge in [0, 0.05) is 0 Å². The van der Waals surface area contributed by atoms with E-state index in [2.05, 4.69) is 15.3 Å². The highest BCUT2D eigenvalue weighted by Crippen LogP contribution is 2.35. The fourth-order valence-electron chi connectivity index (χ4n) is 1.44. The molecule has 1 aromatic carbocycles. The molecule has 1 aromatic rings. The highest BCUT2D eigenvalue weighted by atomic mass is 16.6. The molecule has 0 fully saturated rings. The molecule has 0 aromatic heterocycles. The van der Waals surface area contributed by atoms with Gasteiger partial charge in [-0.3, -0.25) is 19.7 Å². The Morgan fingerprint density at radius 1 is 1.24 bits per heavy atom. The van der Waals surface area contributed by atoms with Gasteiger partial charge < -0.3 is 0 Å². The standard InChI is InChI=1S/C8H3N5O4/c9-10-4-2-1-3-5(6(4)13(16)17)8(15)12-11-7(3)14/h1-2,9H. The van der Waals surface area contributed by atoms with Gasteiger partial charge in [-0.2, -0.15) is 5.11 Å². The van der Waals surface area contributed by atoms with Gasteiger partial charge in [-0.1, -0.05) is 0 Å². The van der Waals surface area contributed by atoms with Crippen LogP contribution in [0, 0.1) is 15.6 Å². The van der Waals surface area contributed by atoms with Crippen LogP contribution in [-0.4, -0.2) is 16.7 Å². The first-order valence-corrected chi connectivity index (χ1v) is 4.25. The van der Waals surface area contributed by atoms with Crippen molar-refractivity contribution in [1.82, 2.24) is 0 Å². The van der Waals surface area contributed by atoms with Gasteiger partial charge in [0.2, 0.25) is 0 Å². The normalized spacial score (nSPS) is 13.4. The number of nitro benzene ring substituents is 1. The third-order valence-electron chi connectivity index (χ3n) is 2.14. The minimum Gasteiger partial charge on any atom is -0.265 e. The number of benzene rings is 1. The number of carbonyl (C=O) groups is 2. The first-order chi connectivity index (χ1) is 8.06. The van der Waals surface area contributed by atoms with E-state index in [1.54, 1.807) is 0 Å². The molecule has 1 heterocycles. The van der Waals surface area contributed by atoms with Crippen LogP contribution in [0.15, 0.2) is 27.5 Å². The van der Waals surface area contributed by atoms with Gasteiger partial charge in [-0.25, -0.2) is 5.53 Å². The second-order valence-electron chi connectivity index (χ2n) is 3.04. The van der Waals surface area contributed by atoms with Crippen LogP contribution in [0.25, 0.3) is 0 Å². The van der Waals surface area contributed by atoms with Gasteiger partial charge in [0.1, 0.15) is 5.56 Å². The Kier molecular flexibility index (Phi) is 2.28. The monoisotopic (exact) mass is 233 g/mol. The second kappa shape index (κ2) is 3.63. The molecule has 0 aliphatic carbocycles. The summed E-state index contributed by atoms with van der Waals surface area (Å²) in [4.78, 5) is 32.7. The number of nitrogens with one attached hydrogen (secondary N) is 1. The molecule has 84 valence electrons. The zero-order valence-electron chi connectivity index (χ0n) is 8.08. The Hall–Kier alpha value is -2.84. The SMILES string of the molecule is N=Nc1ccc2c(c1[N+](=O)[O-])C(=O)N=NC2=O. The summed E-state index contributed by atoms with van der Waals surface area (Å²) in [6.07, 6.45) is 0. The molecule has 0 unspecified atom stereocenters. The lowest BCUT2D eigenvalue weighted by Gasteiger charge is -2.07. The van der Waals surface area contributed by atoms with Gasteiger partial charge in [-0.05, 0) is 12.1 Å². The molecule has 17 heavy (non-hydrogen) atoms. The smallest absolute Gasteiger partial charge is 0.265 e. The van der Waals surface area contributed by atoms with Gasteiger partial charge in [0.15, 0.2) is 5.69 Å². The zero-order chi connectivity index (χ0) is 12.6. The van der Waals surface area contributed by atoms with Crippen molar-refractivity contribution < 1.29 is 14.5 Å². The highest BCUT2D eigenvalue weighted by molar-refractivity contribution is 6.14. The van der Waals surface area contributed by atoms with Crippen molar-refractivity contribution in [2.45, 2.75) is 0 Å². The molecule has 0 saturated heterocycles. The maximum Gasteiger partial charge on any atom is 0.310 e. The third kappa shape index (κ3) is 1.49. The summed E-state index contributed by atoms with van der Waals surface area (Å²) in [5.74, 6) is -1.82. The summed E-state index contributed by atoms with van der Waals surface area (Å²) >= 11 is 0. The van der Waals surface area contributed by atoms with E-state index in [1.807, 2.05) is 0 Å². The van der Waals surface area contributed by atoms with E-state index < -0.39 is 28.0 Å². The molecule has 1 aliphatic heterocycles. The lowest BCUT2D eigenvalue weighted by molar-refractivity contribution is -0.384. The largest absolute Gasteiger partial charge is 0.310 e. The first kappa shape index (κ1) is 10.7. The van der Waals surface area contributed by atoms with Crippen LogP contribution in [0.5, 0.6) is 0 Å². The molecule has 0 spiro atoms. The second-order valence-corrected chi connectivity index (χ2v) is 3.04. The topological polar surface area (TPSA) is 138 Å². The number of nitro groups is 1. The average molecular weight is 233 g/mol. The third-order valence-corrected chi connectivity index (χ3v) is 2.14. The van der Waals surface area contributed by atoms with Gasteiger partial charge in [-0.15, -0.1) is 10.2 Å². The Morgan fingerprint density at radius 2 is 1.88 bits per heavy atom. The molecule has 2 amide bonds. The summed E-state index contributed by atoms with van der Waals surface area (Å²) in [5.41, 5.74) is 5.10. The molecule has 9 nitrogen and oxygen atoms in total. The van der Waals surface area contributed by atoms with E-state index in [9.17, 15) is 19.7 Å². The Bertz CT molecular complexity index is 606. The number of hydrogen-bond donors (Lipinski definition) is 1. The molecule has 0 bridgehead atoms. The van der Waals surface area contributed by atoms with Crippen molar-refractivity contribution in [2.75, 3.05) is 0 Å². The van der Waals surface area contributed by atoms with Crippen LogP contribution in [-0.2, 0) is 0 Å². The predicted octanol–water partition coefficient (Wildman–Crippen LogP) is 2.00. The molecule has 0 radical (unpaired) electrons. The van der Waals surface area contributed by atoms with Crippen molar-refractivity contribution in [3.05, 3.63) is 33.4 Å². The quantitative estimate of drug-likeness (QED) is 0.474. The maximum absolute atomic E-state index is 11.4. The Labute approximate surface area is 92.8 Å². The van der Waals surface area contributed by atoms with Crippen molar-refractivity contribution in [2.24, 2.45) is 15.3 Å². The summed E-state index contributed by atoms with van der Waals surface area (Å²) in [5, 5.41) is 19.8. The maximum atomic E-state index is 11.4. The molecule has 2 rings (SSSR count). The van der Waals surface area contributed by atoms with Crippen LogP contribution in [0.3, 0.4) is 0 Å². The van der Waals surface area contributed by atoms with Crippen LogP contribution >= 0.6 is 0 Å². The van der Waals surface area contributed by atoms with Gasteiger partial charge >= 0.3 is 11.6 Å². The molecule has 1 N–H and O–H groups in total. The number of azo groups is 1. The summed E-state index contributed by atoms with van der Waals surface area (Å²) < 4.78 is 0. The zero-order valence-corrected chi connectivity index (χ0v) is 8.08. The molecule has 9 heteroatoms. The number of amides is 2. The summed E-state index contributed by atoms with van der Waals surface area (Å²) in [6, 6.07) is 2.27.